The number of carbonyl (C=O) groups excluding carboxylic acids is 1. The summed E-state index contributed by atoms with van der Waals surface area (Å²) in [5.74, 6) is 2.02. The van der Waals surface area contributed by atoms with Crippen molar-refractivity contribution in [2.45, 2.75) is 19.9 Å². The maximum absolute atomic E-state index is 13.5. The average Bonchev–Trinajstić information content (AvgIpc) is 3.29. The first-order chi connectivity index (χ1) is 16.6. The number of pyridine rings is 2. The number of nitrogens with one attached hydrogen (secondary N) is 2. The quantitative estimate of drug-likeness (QED) is 0.453. The van der Waals surface area contributed by atoms with Crippen LogP contribution in [-0.4, -0.2) is 37.2 Å². The summed E-state index contributed by atoms with van der Waals surface area (Å²) in [5.41, 5.74) is 2.86. The van der Waals surface area contributed by atoms with Crippen LogP contribution in [-0.2, 0) is 4.79 Å². The van der Waals surface area contributed by atoms with E-state index in [-0.39, 0.29) is 5.91 Å². The molecular formula is C25H23N7O2. The molecule has 0 fully saturated rings. The number of benzene rings is 1. The van der Waals surface area contributed by atoms with Gasteiger partial charge in [-0.3, -0.25) is 9.78 Å². The lowest BCUT2D eigenvalue weighted by Crippen LogP contribution is -2.31. The highest BCUT2D eigenvalue weighted by molar-refractivity contribution is 6.05. The standard InChI is InChI=1S/C25H23N7O2/c1-3-34-19-11-9-17(10-12-19)22-21(24(33)29-20-8-4-5-14-27-20)16(2)28-25-30-23(31-32(22)25)18-7-6-13-26-15-18/h4-15,22H,3H2,1-2H3,(H,27,29,33)(H,28,30,31). The minimum Gasteiger partial charge on any atom is -0.494 e. The van der Waals surface area contributed by atoms with Crippen LogP contribution in [0.25, 0.3) is 11.4 Å². The Labute approximate surface area is 196 Å². The first-order valence-electron chi connectivity index (χ1n) is 10.9. The Morgan fingerprint density at radius 2 is 1.97 bits per heavy atom. The van der Waals surface area contributed by atoms with Gasteiger partial charge >= 0.3 is 0 Å². The highest BCUT2D eigenvalue weighted by Gasteiger charge is 2.34. The monoisotopic (exact) mass is 453 g/mol. The van der Waals surface area contributed by atoms with Crippen molar-refractivity contribution in [3.63, 3.8) is 0 Å². The van der Waals surface area contributed by atoms with Crippen LogP contribution >= 0.6 is 0 Å². The fraction of sp³-hybridized carbons (Fsp3) is 0.160. The van der Waals surface area contributed by atoms with Crippen LogP contribution in [0.1, 0.15) is 25.5 Å². The van der Waals surface area contributed by atoms with Crippen molar-refractivity contribution >= 4 is 17.7 Å². The number of aromatic nitrogens is 5. The molecule has 1 aromatic carbocycles. The molecule has 1 aliphatic heterocycles. The molecule has 1 unspecified atom stereocenters. The van der Waals surface area contributed by atoms with Crippen LogP contribution in [0, 0.1) is 0 Å². The number of anilines is 2. The van der Waals surface area contributed by atoms with Gasteiger partial charge < -0.3 is 15.4 Å². The molecule has 1 atom stereocenters. The Balaban J connectivity index is 1.59. The van der Waals surface area contributed by atoms with Gasteiger partial charge in [-0.05, 0) is 55.8 Å². The van der Waals surface area contributed by atoms with Crippen LogP contribution in [0.15, 0.2) is 84.5 Å². The summed E-state index contributed by atoms with van der Waals surface area (Å²) < 4.78 is 7.33. The van der Waals surface area contributed by atoms with Crippen molar-refractivity contribution in [2.24, 2.45) is 0 Å². The van der Waals surface area contributed by atoms with Gasteiger partial charge in [0.2, 0.25) is 5.95 Å². The lowest BCUT2D eigenvalue weighted by molar-refractivity contribution is -0.113. The molecule has 5 rings (SSSR count). The predicted molar refractivity (Wildman–Crippen MR) is 128 cm³/mol. The molecular weight excluding hydrogens is 430 g/mol. The summed E-state index contributed by atoms with van der Waals surface area (Å²) in [6.07, 6.45) is 5.05. The Morgan fingerprint density at radius 1 is 1.12 bits per heavy atom. The molecule has 4 heterocycles. The number of ether oxygens (including phenoxy) is 1. The third kappa shape index (κ3) is 4.11. The molecule has 3 aromatic heterocycles. The zero-order chi connectivity index (χ0) is 23.5. The lowest BCUT2D eigenvalue weighted by atomic mass is 9.95. The van der Waals surface area contributed by atoms with Crippen LogP contribution in [0.2, 0.25) is 0 Å². The van der Waals surface area contributed by atoms with Gasteiger partial charge in [-0.25, -0.2) is 9.67 Å². The Morgan fingerprint density at radius 3 is 2.68 bits per heavy atom. The van der Waals surface area contributed by atoms with E-state index in [1.54, 1.807) is 35.4 Å². The third-order valence-electron chi connectivity index (χ3n) is 5.43. The van der Waals surface area contributed by atoms with Gasteiger partial charge in [0.25, 0.3) is 5.91 Å². The fourth-order valence-corrected chi connectivity index (χ4v) is 3.90. The fourth-order valence-electron chi connectivity index (χ4n) is 3.90. The smallest absolute Gasteiger partial charge is 0.257 e. The first-order valence-corrected chi connectivity index (χ1v) is 10.9. The predicted octanol–water partition coefficient (Wildman–Crippen LogP) is 4.06. The van der Waals surface area contributed by atoms with Crippen molar-refractivity contribution in [3.8, 4) is 17.1 Å². The van der Waals surface area contributed by atoms with E-state index in [1.165, 1.54) is 0 Å². The Hall–Kier alpha value is -4.53. The molecule has 0 spiro atoms. The lowest BCUT2D eigenvalue weighted by Gasteiger charge is -2.28. The van der Waals surface area contributed by atoms with Crippen LogP contribution < -0.4 is 15.4 Å². The van der Waals surface area contributed by atoms with Crippen LogP contribution in [0.4, 0.5) is 11.8 Å². The summed E-state index contributed by atoms with van der Waals surface area (Å²) in [6.45, 7) is 4.37. The van der Waals surface area contributed by atoms with E-state index in [4.69, 9.17) is 9.84 Å². The summed E-state index contributed by atoms with van der Waals surface area (Å²) in [7, 11) is 0. The van der Waals surface area contributed by atoms with E-state index in [2.05, 4.69) is 25.6 Å². The molecule has 170 valence electrons. The molecule has 9 nitrogen and oxygen atoms in total. The normalized spacial score (nSPS) is 14.8. The molecule has 2 N–H and O–H groups in total. The largest absolute Gasteiger partial charge is 0.494 e. The van der Waals surface area contributed by atoms with E-state index in [0.717, 1.165) is 16.9 Å². The second kappa shape index (κ2) is 9.14. The Bertz CT molecular complexity index is 1330. The van der Waals surface area contributed by atoms with Gasteiger partial charge in [0.15, 0.2) is 5.82 Å². The van der Waals surface area contributed by atoms with Crippen molar-refractivity contribution in [3.05, 3.63) is 90.0 Å². The van der Waals surface area contributed by atoms with Crippen molar-refractivity contribution in [1.82, 2.24) is 24.7 Å². The van der Waals surface area contributed by atoms with Crippen molar-refractivity contribution < 1.29 is 9.53 Å². The molecule has 1 amide bonds. The highest BCUT2D eigenvalue weighted by Crippen LogP contribution is 2.37. The topological polar surface area (TPSA) is 107 Å². The van der Waals surface area contributed by atoms with Gasteiger partial charge in [0.1, 0.15) is 17.6 Å². The maximum Gasteiger partial charge on any atom is 0.257 e. The average molecular weight is 454 g/mol. The minimum atomic E-state index is -0.506. The zero-order valence-corrected chi connectivity index (χ0v) is 18.8. The molecule has 0 radical (unpaired) electrons. The SMILES string of the molecule is CCOc1ccc(C2C(C(=O)Nc3ccccn3)=C(C)Nc3nc(-c4cccnc4)nn32)cc1. The number of fused-ring (bicyclic) bond motifs is 1. The molecule has 0 bridgehead atoms. The number of amides is 1. The number of rotatable bonds is 6. The van der Waals surface area contributed by atoms with E-state index < -0.39 is 6.04 Å². The van der Waals surface area contributed by atoms with Crippen molar-refractivity contribution in [2.75, 3.05) is 17.2 Å². The summed E-state index contributed by atoms with van der Waals surface area (Å²) >= 11 is 0. The van der Waals surface area contributed by atoms with Crippen LogP contribution in [0.3, 0.4) is 0 Å². The Kier molecular flexibility index (Phi) is 5.73. The van der Waals surface area contributed by atoms with Crippen LogP contribution in [0.5, 0.6) is 5.75 Å². The van der Waals surface area contributed by atoms with Crippen molar-refractivity contribution in [1.29, 1.82) is 0 Å². The van der Waals surface area contributed by atoms with Gasteiger partial charge in [-0.1, -0.05) is 18.2 Å². The summed E-state index contributed by atoms with van der Waals surface area (Å²) in [5, 5.41) is 10.9. The molecule has 4 aromatic rings. The van der Waals surface area contributed by atoms with E-state index in [0.29, 0.717) is 35.5 Å². The molecule has 9 heteroatoms. The van der Waals surface area contributed by atoms with Gasteiger partial charge in [0.05, 0.1) is 12.2 Å². The number of allylic oxidation sites excluding steroid dienone is 1. The van der Waals surface area contributed by atoms with Gasteiger partial charge in [-0.2, -0.15) is 4.98 Å². The van der Waals surface area contributed by atoms with E-state index in [1.807, 2.05) is 56.3 Å². The first kappa shape index (κ1) is 21.3. The number of hydrogen-bond donors (Lipinski definition) is 2. The van der Waals surface area contributed by atoms with Gasteiger partial charge in [-0.15, -0.1) is 5.10 Å². The number of hydrogen-bond acceptors (Lipinski definition) is 7. The summed E-state index contributed by atoms with van der Waals surface area (Å²) in [6, 6.07) is 16.3. The second-order valence-corrected chi connectivity index (χ2v) is 7.68. The second-order valence-electron chi connectivity index (χ2n) is 7.68. The summed E-state index contributed by atoms with van der Waals surface area (Å²) in [4.78, 5) is 26.5. The molecule has 0 saturated heterocycles. The van der Waals surface area contributed by atoms with E-state index >= 15 is 0 Å². The molecule has 1 aliphatic rings. The molecule has 0 aliphatic carbocycles. The van der Waals surface area contributed by atoms with E-state index in [9.17, 15) is 4.79 Å². The maximum atomic E-state index is 13.5. The van der Waals surface area contributed by atoms with Gasteiger partial charge in [0, 0.05) is 29.9 Å². The third-order valence-corrected chi connectivity index (χ3v) is 5.43. The number of nitrogens with zero attached hydrogens (tertiary/aromatic N) is 5. The molecule has 34 heavy (non-hydrogen) atoms. The number of carbonyl (C=O) groups is 1. The zero-order valence-electron chi connectivity index (χ0n) is 18.8. The molecule has 0 saturated carbocycles. The minimum absolute atomic E-state index is 0.272. The highest BCUT2D eigenvalue weighted by atomic mass is 16.5.